The lowest BCUT2D eigenvalue weighted by Crippen LogP contribution is -2.42. The number of aromatic nitrogens is 1. The number of carbonyl (C=O) groups is 2. The number of piperidine rings is 1. The van der Waals surface area contributed by atoms with Crippen LogP contribution in [0.4, 0.5) is 0 Å². The number of carbonyl (C=O) groups excluding carboxylic acids is 2. The first-order chi connectivity index (χ1) is 13.7. The van der Waals surface area contributed by atoms with Crippen LogP contribution in [0.15, 0.2) is 24.5 Å². The summed E-state index contributed by atoms with van der Waals surface area (Å²) in [6, 6.07) is 3.62. The quantitative estimate of drug-likeness (QED) is 0.770. The fourth-order valence-corrected chi connectivity index (χ4v) is 4.61. The molecule has 0 aromatic carbocycles. The summed E-state index contributed by atoms with van der Waals surface area (Å²) in [6.45, 7) is 4.52. The summed E-state index contributed by atoms with van der Waals surface area (Å²) >= 11 is 0. The van der Waals surface area contributed by atoms with Gasteiger partial charge < -0.3 is 10.2 Å². The van der Waals surface area contributed by atoms with Gasteiger partial charge in [-0.25, -0.2) is 0 Å². The second kappa shape index (κ2) is 10.6. The fourth-order valence-electron chi connectivity index (χ4n) is 4.61. The van der Waals surface area contributed by atoms with Gasteiger partial charge in [0.25, 0.3) is 5.91 Å². The molecular weight excluding hydrogens is 350 g/mol. The molecule has 1 aromatic rings. The van der Waals surface area contributed by atoms with Gasteiger partial charge in [0.1, 0.15) is 0 Å². The Morgan fingerprint density at radius 3 is 2.50 bits per heavy atom. The van der Waals surface area contributed by atoms with E-state index in [1.807, 2.05) is 11.0 Å². The maximum absolute atomic E-state index is 12.5. The van der Waals surface area contributed by atoms with E-state index in [1.165, 1.54) is 32.1 Å². The smallest absolute Gasteiger partial charge is 0.255 e. The van der Waals surface area contributed by atoms with Gasteiger partial charge in [-0.15, -0.1) is 0 Å². The van der Waals surface area contributed by atoms with Crippen molar-refractivity contribution in [2.24, 2.45) is 17.8 Å². The molecule has 5 nitrogen and oxygen atoms in total. The van der Waals surface area contributed by atoms with Crippen LogP contribution in [0, 0.1) is 17.8 Å². The van der Waals surface area contributed by atoms with Gasteiger partial charge in [-0.1, -0.05) is 26.2 Å². The predicted molar refractivity (Wildman–Crippen MR) is 111 cm³/mol. The first kappa shape index (κ1) is 20.8. The molecule has 2 aliphatic rings. The van der Waals surface area contributed by atoms with Crippen molar-refractivity contribution >= 4 is 11.8 Å². The monoisotopic (exact) mass is 385 g/mol. The van der Waals surface area contributed by atoms with Crippen LogP contribution in [0.3, 0.4) is 0 Å². The van der Waals surface area contributed by atoms with E-state index in [0.29, 0.717) is 11.5 Å². The molecule has 0 spiro atoms. The van der Waals surface area contributed by atoms with E-state index < -0.39 is 0 Å². The first-order valence-electron chi connectivity index (χ1n) is 11.1. The Morgan fingerprint density at radius 1 is 1.11 bits per heavy atom. The van der Waals surface area contributed by atoms with E-state index in [4.69, 9.17) is 0 Å². The van der Waals surface area contributed by atoms with E-state index in [9.17, 15) is 9.59 Å². The zero-order chi connectivity index (χ0) is 19.8. The van der Waals surface area contributed by atoms with Crippen molar-refractivity contribution in [2.75, 3.05) is 19.6 Å². The lowest BCUT2D eigenvalue weighted by Gasteiger charge is -2.33. The van der Waals surface area contributed by atoms with Crippen LogP contribution in [-0.4, -0.2) is 41.3 Å². The van der Waals surface area contributed by atoms with E-state index in [1.54, 1.807) is 18.5 Å². The molecular formula is C23H35N3O2. The highest BCUT2D eigenvalue weighted by molar-refractivity contribution is 5.93. The molecule has 1 aromatic heterocycles. The van der Waals surface area contributed by atoms with E-state index >= 15 is 0 Å². The van der Waals surface area contributed by atoms with Gasteiger partial charge in [0, 0.05) is 37.9 Å². The van der Waals surface area contributed by atoms with Crippen LogP contribution in [-0.2, 0) is 4.79 Å². The Hall–Kier alpha value is -1.91. The number of pyridine rings is 1. The highest BCUT2D eigenvalue weighted by Gasteiger charge is 2.28. The molecule has 1 aliphatic carbocycles. The summed E-state index contributed by atoms with van der Waals surface area (Å²) in [5, 5.41) is 3.20. The highest BCUT2D eigenvalue weighted by atomic mass is 16.2. The maximum Gasteiger partial charge on any atom is 0.255 e. The molecule has 0 radical (unpaired) electrons. The molecule has 2 amide bonds. The number of nitrogens with zero attached hydrogens (tertiary/aromatic N) is 2. The molecule has 5 heteroatoms. The van der Waals surface area contributed by atoms with Crippen LogP contribution in [0.5, 0.6) is 0 Å². The van der Waals surface area contributed by atoms with Crippen molar-refractivity contribution in [2.45, 2.75) is 64.7 Å². The van der Waals surface area contributed by atoms with Gasteiger partial charge in [-0.05, 0) is 62.5 Å². The third kappa shape index (κ3) is 5.79. The van der Waals surface area contributed by atoms with Gasteiger partial charge in [0.2, 0.25) is 5.91 Å². The van der Waals surface area contributed by atoms with Crippen molar-refractivity contribution in [3.63, 3.8) is 0 Å². The van der Waals surface area contributed by atoms with Crippen molar-refractivity contribution in [3.8, 4) is 0 Å². The van der Waals surface area contributed by atoms with Crippen molar-refractivity contribution in [1.82, 2.24) is 15.2 Å². The number of rotatable bonds is 7. The molecule has 0 atom stereocenters. The Bertz CT molecular complexity index is 618. The topological polar surface area (TPSA) is 62.3 Å². The molecule has 0 unspecified atom stereocenters. The summed E-state index contributed by atoms with van der Waals surface area (Å²) in [7, 11) is 0. The molecule has 1 saturated heterocycles. The van der Waals surface area contributed by atoms with Crippen molar-refractivity contribution in [3.05, 3.63) is 30.1 Å². The van der Waals surface area contributed by atoms with Crippen LogP contribution in [0.1, 0.15) is 75.1 Å². The number of hydrogen-bond acceptors (Lipinski definition) is 3. The summed E-state index contributed by atoms with van der Waals surface area (Å²) in [5.74, 6) is 1.84. The van der Waals surface area contributed by atoms with Gasteiger partial charge >= 0.3 is 0 Å². The minimum Gasteiger partial charge on any atom is -0.356 e. The number of nitrogens with one attached hydrogen (secondary N) is 1. The molecule has 1 N–H and O–H groups in total. The average Bonchev–Trinajstić information content (AvgIpc) is 2.77. The van der Waals surface area contributed by atoms with Crippen LogP contribution >= 0.6 is 0 Å². The molecule has 2 heterocycles. The fraction of sp³-hybridized carbons (Fsp3) is 0.696. The van der Waals surface area contributed by atoms with Crippen LogP contribution in [0.2, 0.25) is 0 Å². The van der Waals surface area contributed by atoms with Crippen molar-refractivity contribution < 1.29 is 9.59 Å². The number of unbranched alkanes of at least 4 members (excludes halogenated alkanes) is 1. The molecule has 28 heavy (non-hydrogen) atoms. The third-order valence-corrected chi connectivity index (χ3v) is 6.56. The van der Waals surface area contributed by atoms with Crippen LogP contribution < -0.4 is 5.32 Å². The Labute approximate surface area is 169 Å². The maximum atomic E-state index is 12.5. The highest BCUT2D eigenvalue weighted by Crippen LogP contribution is 2.32. The minimum atomic E-state index is 0.0652. The summed E-state index contributed by atoms with van der Waals surface area (Å²) in [4.78, 5) is 31.0. The standard InChI is InChI=1S/C23H35N3O2/c1-2-3-5-18-7-9-20(10-8-18)22(27)25-16-19-11-14-26(15-12-19)23(28)21-6-4-13-24-17-21/h4,6,13,17-20H,2-3,5,7-12,14-16H2,1H3,(H,25,27). The second-order valence-corrected chi connectivity index (χ2v) is 8.58. The SMILES string of the molecule is CCCCC1CCC(C(=O)NCC2CCN(C(=O)c3cccnc3)CC2)CC1. The second-order valence-electron chi connectivity index (χ2n) is 8.58. The lowest BCUT2D eigenvalue weighted by molar-refractivity contribution is -0.126. The lowest BCUT2D eigenvalue weighted by atomic mass is 9.79. The minimum absolute atomic E-state index is 0.0652. The van der Waals surface area contributed by atoms with Gasteiger partial charge in [-0.3, -0.25) is 14.6 Å². The Kier molecular flexibility index (Phi) is 7.87. The van der Waals surface area contributed by atoms with E-state index in [2.05, 4.69) is 17.2 Å². The Morgan fingerprint density at radius 2 is 1.86 bits per heavy atom. The third-order valence-electron chi connectivity index (χ3n) is 6.56. The molecule has 1 aliphatic heterocycles. The molecule has 3 rings (SSSR count). The normalized spacial score (nSPS) is 23.4. The van der Waals surface area contributed by atoms with Gasteiger partial charge in [0.05, 0.1) is 5.56 Å². The number of likely N-dealkylation sites (tertiary alicyclic amines) is 1. The first-order valence-corrected chi connectivity index (χ1v) is 11.1. The molecule has 1 saturated carbocycles. The zero-order valence-electron chi connectivity index (χ0n) is 17.2. The van der Waals surface area contributed by atoms with E-state index in [0.717, 1.165) is 51.2 Å². The summed E-state index contributed by atoms with van der Waals surface area (Å²) < 4.78 is 0. The predicted octanol–water partition coefficient (Wildman–Crippen LogP) is 4.05. The van der Waals surface area contributed by atoms with E-state index in [-0.39, 0.29) is 17.7 Å². The summed E-state index contributed by atoms with van der Waals surface area (Å²) in [6.07, 6.45) is 13.7. The number of amides is 2. The van der Waals surface area contributed by atoms with Crippen LogP contribution in [0.25, 0.3) is 0 Å². The largest absolute Gasteiger partial charge is 0.356 e. The van der Waals surface area contributed by atoms with Gasteiger partial charge in [0.15, 0.2) is 0 Å². The molecule has 2 fully saturated rings. The van der Waals surface area contributed by atoms with Gasteiger partial charge in [-0.2, -0.15) is 0 Å². The average molecular weight is 386 g/mol. The Balaban J connectivity index is 1.34. The molecule has 0 bridgehead atoms. The number of hydrogen-bond donors (Lipinski definition) is 1. The van der Waals surface area contributed by atoms with Crippen molar-refractivity contribution in [1.29, 1.82) is 0 Å². The zero-order valence-corrected chi connectivity index (χ0v) is 17.2. The molecule has 154 valence electrons. The summed E-state index contributed by atoms with van der Waals surface area (Å²) in [5.41, 5.74) is 0.656.